The molecule has 2 aliphatic heterocycles. The number of nitrogens with zero attached hydrogens (tertiary/aromatic N) is 5. The van der Waals surface area contributed by atoms with E-state index in [0.717, 1.165) is 16.9 Å². The van der Waals surface area contributed by atoms with Crippen molar-refractivity contribution in [3.05, 3.63) is 75.3 Å². The van der Waals surface area contributed by atoms with E-state index in [4.69, 9.17) is 21.3 Å². The minimum atomic E-state index is -0.350. The van der Waals surface area contributed by atoms with E-state index in [1.807, 2.05) is 53.8 Å². The first-order valence-corrected chi connectivity index (χ1v) is 12.1. The second-order valence-corrected chi connectivity index (χ2v) is 9.24. The Labute approximate surface area is 213 Å². The molecular weight excluding hydrogens is 488 g/mol. The molecule has 2 aromatic carbocycles. The molecule has 0 spiro atoms. The lowest BCUT2D eigenvalue weighted by molar-refractivity contribution is -0.114. The lowest BCUT2D eigenvalue weighted by Crippen LogP contribution is -2.33. The zero-order valence-electron chi connectivity index (χ0n) is 19.5. The maximum atomic E-state index is 12.2. The number of rotatable bonds is 9. The Balaban J connectivity index is 1.36. The van der Waals surface area contributed by atoms with Gasteiger partial charge in [-0.25, -0.2) is 5.01 Å². The fourth-order valence-corrected chi connectivity index (χ4v) is 4.99. The van der Waals surface area contributed by atoms with Crippen LogP contribution in [-0.2, 0) is 21.1 Å². The van der Waals surface area contributed by atoms with E-state index >= 15 is 0 Å². The highest BCUT2D eigenvalue weighted by Crippen LogP contribution is 2.44. The number of benzene rings is 2. The van der Waals surface area contributed by atoms with Crippen LogP contribution in [0.25, 0.3) is 0 Å². The summed E-state index contributed by atoms with van der Waals surface area (Å²) < 4.78 is 0. The molecule has 2 heterocycles. The lowest BCUT2D eigenvalue weighted by atomic mass is 10.0. The predicted octanol–water partition coefficient (Wildman–Crippen LogP) is 4.36. The monoisotopic (exact) mass is 512 g/mol. The Bertz CT molecular complexity index is 1200. The summed E-state index contributed by atoms with van der Waals surface area (Å²) in [6.07, 6.45) is 4.11. The van der Waals surface area contributed by atoms with Crippen molar-refractivity contribution in [2.24, 2.45) is 15.4 Å². The summed E-state index contributed by atoms with van der Waals surface area (Å²) in [4.78, 5) is 25.9. The van der Waals surface area contributed by atoms with Crippen LogP contribution in [0.3, 0.4) is 0 Å². The molecule has 1 N–H and O–H groups in total. The summed E-state index contributed by atoms with van der Waals surface area (Å²) in [5, 5.41) is 17.8. The molecule has 0 fully saturated rings. The Hall–Kier alpha value is -3.50. The van der Waals surface area contributed by atoms with E-state index in [1.165, 1.54) is 12.0 Å². The number of amides is 1. The van der Waals surface area contributed by atoms with Gasteiger partial charge in [-0.1, -0.05) is 57.9 Å². The number of allylic oxidation sites excluding steroid dienone is 2. The third-order valence-electron chi connectivity index (χ3n) is 5.39. The van der Waals surface area contributed by atoms with Crippen LogP contribution in [0.5, 0.6) is 0 Å². The van der Waals surface area contributed by atoms with Crippen molar-refractivity contribution in [1.82, 2.24) is 10.3 Å². The molecule has 0 saturated carbocycles. The van der Waals surface area contributed by atoms with E-state index in [-0.39, 0.29) is 23.7 Å². The van der Waals surface area contributed by atoms with Gasteiger partial charge in [-0.2, -0.15) is 5.10 Å². The van der Waals surface area contributed by atoms with Crippen LogP contribution >= 0.6 is 23.4 Å². The van der Waals surface area contributed by atoms with Crippen molar-refractivity contribution in [2.45, 2.75) is 25.4 Å². The van der Waals surface area contributed by atoms with Gasteiger partial charge >= 0.3 is 0 Å². The average molecular weight is 513 g/mol. The Morgan fingerprint density at radius 1 is 1.26 bits per heavy atom. The molecule has 2 aliphatic rings. The number of carbonyl (C=O) groups is 1. The molecule has 182 valence electrons. The molecule has 1 amide bonds. The van der Waals surface area contributed by atoms with Crippen LogP contribution in [0.4, 0.5) is 5.69 Å². The SMILES string of the molecule is CNC(=O)C(=NOC)c1ccccc1CON=CCC1=C(C)SC2N1N=CN2c1ccc(Cl)cc1. The van der Waals surface area contributed by atoms with Crippen LogP contribution in [0.1, 0.15) is 24.5 Å². The molecule has 0 radical (unpaired) electrons. The van der Waals surface area contributed by atoms with Crippen LogP contribution in [0, 0.1) is 0 Å². The molecule has 2 aromatic rings. The molecule has 4 rings (SSSR count). The van der Waals surface area contributed by atoms with E-state index in [2.05, 4.69) is 32.6 Å². The van der Waals surface area contributed by atoms with Crippen molar-refractivity contribution in [3.63, 3.8) is 0 Å². The fraction of sp³-hybridized carbons (Fsp3) is 0.250. The van der Waals surface area contributed by atoms with Gasteiger partial charge in [0.05, 0.1) is 5.70 Å². The zero-order chi connectivity index (χ0) is 24.8. The Kier molecular flexibility index (Phi) is 7.94. The second kappa shape index (κ2) is 11.3. The number of hydrazone groups is 1. The normalized spacial score (nSPS) is 17.4. The number of anilines is 1. The van der Waals surface area contributed by atoms with E-state index in [0.29, 0.717) is 17.0 Å². The maximum Gasteiger partial charge on any atom is 0.273 e. The van der Waals surface area contributed by atoms with E-state index in [9.17, 15) is 4.79 Å². The summed E-state index contributed by atoms with van der Waals surface area (Å²) in [6.45, 7) is 2.25. The quantitative estimate of drug-likeness (QED) is 0.396. The summed E-state index contributed by atoms with van der Waals surface area (Å²) in [5.74, 6) is -0.350. The minimum Gasteiger partial charge on any atom is -0.398 e. The van der Waals surface area contributed by atoms with Gasteiger partial charge in [-0.15, -0.1) is 0 Å². The Morgan fingerprint density at radius 3 is 2.77 bits per heavy atom. The number of fused-ring (bicyclic) bond motifs is 1. The molecule has 0 aromatic heterocycles. The highest BCUT2D eigenvalue weighted by atomic mass is 35.5. The highest BCUT2D eigenvalue weighted by Gasteiger charge is 2.38. The summed E-state index contributed by atoms with van der Waals surface area (Å²) >= 11 is 7.76. The number of thioether (sulfide) groups is 1. The lowest BCUT2D eigenvalue weighted by Gasteiger charge is -2.25. The van der Waals surface area contributed by atoms with E-state index in [1.54, 1.807) is 31.1 Å². The number of hydrogen-bond donors (Lipinski definition) is 1. The predicted molar refractivity (Wildman–Crippen MR) is 140 cm³/mol. The minimum absolute atomic E-state index is 0.0237. The molecule has 1 unspecified atom stereocenters. The van der Waals surface area contributed by atoms with Gasteiger partial charge in [-0.05, 0) is 31.2 Å². The Morgan fingerprint density at radius 2 is 2.03 bits per heavy atom. The number of hydrogen-bond acceptors (Lipinski definition) is 9. The third kappa shape index (κ3) is 5.44. The first-order chi connectivity index (χ1) is 17.0. The summed E-state index contributed by atoms with van der Waals surface area (Å²) in [5.41, 5.74) is 3.66. The van der Waals surface area contributed by atoms with Gasteiger partial charge < -0.3 is 15.0 Å². The average Bonchev–Trinajstić information content (AvgIpc) is 3.41. The van der Waals surface area contributed by atoms with Gasteiger partial charge in [0.25, 0.3) is 5.91 Å². The molecule has 35 heavy (non-hydrogen) atoms. The summed E-state index contributed by atoms with van der Waals surface area (Å²) in [7, 11) is 2.94. The smallest absolute Gasteiger partial charge is 0.273 e. The zero-order valence-corrected chi connectivity index (χ0v) is 21.1. The molecular formula is C24H25ClN6O3S. The van der Waals surface area contributed by atoms with Crippen molar-refractivity contribution < 1.29 is 14.5 Å². The molecule has 11 heteroatoms. The van der Waals surface area contributed by atoms with Gasteiger partial charge in [0.1, 0.15) is 20.1 Å². The van der Waals surface area contributed by atoms with Gasteiger partial charge in [0, 0.05) is 46.4 Å². The van der Waals surface area contributed by atoms with Crippen molar-refractivity contribution in [2.75, 3.05) is 19.1 Å². The number of oxime groups is 2. The van der Waals surface area contributed by atoms with Crippen LogP contribution in [0.15, 0.2) is 74.5 Å². The number of carbonyl (C=O) groups excluding carboxylic acids is 1. The topological polar surface area (TPSA) is 91.1 Å². The number of halogens is 1. The van der Waals surface area contributed by atoms with Gasteiger partial charge in [0.2, 0.25) is 0 Å². The van der Waals surface area contributed by atoms with Crippen molar-refractivity contribution >= 4 is 53.2 Å². The maximum absolute atomic E-state index is 12.2. The second-order valence-electron chi connectivity index (χ2n) is 7.53. The van der Waals surface area contributed by atoms with E-state index < -0.39 is 0 Å². The van der Waals surface area contributed by atoms with Gasteiger partial charge in [-0.3, -0.25) is 9.69 Å². The fourth-order valence-electron chi connectivity index (χ4n) is 3.67. The largest absolute Gasteiger partial charge is 0.398 e. The van der Waals surface area contributed by atoms with Crippen molar-refractivity contribution in [3.8, 4) is 0 Å². The molecule has 0 bridgehead atoms. The first-order valence-electron chi connectivity index (χ1n) is 10.8. The van der Waals surface area contributed by atoms with Crippen LogP contribution in [0.2, 0.25) is 5.02 Å². The highest BCUT2D eigenvalue weighted by molar-refractivity contribution is 8.04. The summed E-state index contributed by atoms with van der Waals surface area (Å²) in [6, 6.07) is 15.0. The van der Waals surface area contributed by atoms with Crippen molar-refractivity contribution in [1.29, 1.82) is 0 Å². The van der Waals surface area contributed by atoms with Gasteiger partial charge in [0.15, 0.2) is 11.2 Å². The van der Waals surface area contributed by atoms with Crippen LogP contribution in [-0.4, -0.2) is 48.8 Å². The molecule has 0 aliphatic carbocycles. The molecule has 1 atom stereocenters. The third-order valence-corrected chi connectivity index (χ3v) is 6.87. The molecule has 0 saturated heterocycles. The molecule has 9 nitrogen and oxygen atoms in total. The number of likely N-dealkylation sites (N-methyl/N-ethyl adjacent to an activating group) is 1. The number of nitrogens with one attached hydrogen (secondary N) is 1. The van der Waals surface area contributed by atoms with Crippen LogP contribution < -0.4 is 10.2 Å². The standard InChI is InChI=1S/C24H25ClN6O3S/c1-16-21(31-24(35-16)30(15-27-31)19-10-8-18(25)9-11-19)12-13-28-34-14-17-6-4-5-7-20(17)22(29-33-3)23(32)26-2/h4-11,13,15,24H,12,14H2,1-3H3,(H,26,32). The first kappa shape index (κ1) is 24.6.